The van der Waals surface area contributed by atoms with Crippen LogP contribution in [0.2, 0.25) is 0 Å². The van der Waals surface area contributed by atoms with E-state index in [0.717, 1.165) is 22.6 Å². The molecule has 5 nitrogen and oxygen atoms in total. The molecule has 3 N–H and O–H groups in total. The number of rotatable bonds is 7. The Morgan fingerprint density at radius 2 is 1.93 bits per heavy atom. The Balaban J connectivity index is 1.66. The lowest BCUT2D eigenvalue weighted by molar-refractivity contribution is -0.128. The quantitative estimate of drug-likeness (QED) is 0.654. The third-order valence-corrected chi connectivity index (χ3v) is 5.93. The molecule has 0 fully saturated rings. The Morgan fingerprint density at radius 1 is 1.17 bits per heavy atom. The lowest BCUT2D eigenvalue weighted by atomic mass is 9.95. The van der Waals surface area contributed by atoms with Gasteiger partial charge in [-0.25, -0.2) is 0 Å². The van der Waals surface area contributed by atoms with Crippen LogP contribution in [0.4, 0.5) is 5.69 Å². The summed E-state index contributed by atoms with van der Waals surface area (Å²) in [6, 6.07) is 13.2. The van der Waals surface area contributed by atoms with Crippen LogP contribution < -0.4 is 16.0 Å². The Labute approximate surface area is 177 Å². The van der Waals surface area contributed by atoms with E-state index in [1.807, 2.05) is 50.4 Å². The van der Waals surface area contributed by atoms with E-state index in [1.165, 1.54) is 11.1 Å². The molecular weight excluding hydrogens is 382 g/mol. The molecule has 2 atom stereocenters. The van der Waals surface area contributed by atoms with Gasteiger partial charge in [-0.15, -0.1) is 0 Å². The van der Waals surface area contributed by atoms with Gasteiger partial charge in [0.1, 0.15) is 6.04 Å². The second-order valence-corrected chi connectivity index (χ2v) is 8.54. The lowest BCUT2D eigenvalue weighted by Gasteiger charge is -2.27. The van der Waals surface area contributed by atoms with Gasteiger partial charge in [0.05, 0.1) is 6.04 Å². The minimum Gasteiger partial charge on any atom is -0.343 e. The minimum atomic E-state index is -0.561. The maximum Gasteiger partial charge on any atom is 0.246 e. The first-order valence-electron chi connectivity index (χ1n) is 9.95. The van der Waals surface area contributed by atoms with Crippen molar-refractivity contribution in [2.75, 3.05) is 17.3 Å². The molecule has 0 saturated heterocycles. The van der Waals surface area contributed by atoms with Crippen LogP contribution >= 0.6 is 11.8 Å². The smallest absolute Gasteiger partial charge is 0.246 e. The van der Waals surface area contributed by atoms with Crippen LogP contribution in [-0.2, 0) is 22.6 Å². The highest BCUT2D eigenvalue weighted by Crippen LogP contribution is 2.18. The highest BCUT2D eigenvalue weighted by Gasteiger charge is 2.28. The van der Waals surface area contributed by atoms with E-state index in [9.17, 15) is 9.59 Å². The summed E-state index contributed by atoms with van der Waals surface area (Å²) < 4.78 is 0. The first-order chi connectivity index (χ1) is 14.0. The second kappa shape index (κ2) is 9.94. The van der Waals surface area contributed by atoms with Gasteiger partial charge in [0.15, 0.2) is 0 Å². The summed E-state index contributed by atoms with van der Waals surface area (Å²) in [5.74, 6) is 0.503. The third-order valence-electron chi connectivity index (χ3n) is 5.28. The van der Waals surface area contributed by atoms with Gasteiger partial charge in [0, 0.05) is 12.2 Å². The van der Waals surface area contributed by atoms with Crippen molar-refractivity contribution in [3.05, 3.63) is 64.7 Å². The average Bonchev–Trinajstić information content (AvgIpc) is 2.72. The molecule has 0 radical (unpaired) electrons. The molecule has 2 amide bonds. The molecule has 0 saturated carbocycles. The zero-order chi connectivity index (χ0) is 20.8. The van der Waals surface area contributed by atoms with Crippen molar-refractivity contribution >= 4 is 29.3 Å². The number of hydrogen-bond donors (Lipinski definition) is 3. The van der Waals surface area contributed by atoms with Crippen molar-refractivity contribution in [3.63, 3.8) is 0 Å². The number of carbonyl (C=O) groups is 2. The van der Waals surface area contributed by atoms with E-state index < -0.39 is 6.04 Å². The predicted molar refractivity (Wildman–Crippen MR) is 120 cm³/mol. The monoisotopic (exact) mass is 411 g/mol. The van der Waals surface area contributed by atoms with E-state index in [1.54, 1.807) is 11.8 Å². The number of carbonyl (C=O) groups excluding carboxylic acids is 2. The summed E-state index contributed by atoms with van der Waals surface area (Å²) in [7, 11) is 0. The number of fused-ring (bicyclic) bond motifs is 1. The highest BCUT2D eigenvalue weighted by molar-refractivity contribution is 7.98. The summed E-state index contributed by atoms with van der Waals surface area (Å²) in [4.78, 5) is 25.8. The van der Waals surface area contributed by atoms with E-state index in [4.69, 9.17) is 0 Å². The molecule has 154 valence electrons. The number of hydrogen-bond acceptors (Lipinski definition) is 4. The third kappa shape index (κ3) is 5.61. The SMILES string of the molecule is CSCC[C@H](NC(=O)[C@@H]1Cc2ccccc2CN1)C(=O)Nc1ccc(C)cc1C. The number of benzene rings is 2. The van der Waals surface area contributed by atoms with Gasteiger partial charge in [-0.05, 0) is 61.5 Å². The van der Waals surface area contributed by atoms with Gasteiger partial charge in [-0.2, -0.15) is 11.8 Å². The van der Waals surface area contributed by atoms with Gasteiger partial charge in [0.2, 0.25) is 11.8 Å². The van der Waals surface area contributed by atoms with Gasteiger partial charge in [-0.1, -0.05) is 42.0 Å². The zero-order valence-corrected chi connectivity index (χ0v) is 18.1. The van der Waals surface area contributed by atoms with Crippen molar-refractivity contribution in [1.82, 2.24) is 10.6 Å². The Hall–Kier alpha value is -2.31. The fraction of sp³-hybridized carbons (Fsp3) is 0.391. The van der Waals surface area contributed by atoms with Crippen LogP contribution in [0, 0.1) is 13.8 Å². The predicted octanol–water partition coefficient (Wildman–Crippen LogP) is 3.19. The van der Waals surface area contributed by atoms with Crippen molar-refractivity contribution < 1.29 is 9.59 Å². The molecule has 1 aliphatic rings. The molecule has 0 aliphatic carbocycles. The van der Waals surface area contributed by atoms with Crippen LogP contribution in [0.5, 0.6) is 0 Å². The lowest BCUT2D eigenvalue weighted by Crippen LogP contribution is -2.53. The Bertz CT molecular complexity index is 884. The normalized spacial score (nSPS) is 16.6. The molecule has 0 spiro atoms. The fourth-order valence-electron chi connectivity index (χ4n) is 3.59. The molecular formula is C23H29N3O2S. The maximum absolute atomic E-state index is 12.9. The molecule has 2 aromatic carbocycles. The molecule has 0 aromatic heterocycles. The molecule has 6 heteroatoms. The summed E-state index contributed by atoms with van der Waals surface area (Å²) in [5, 5.41) is 9.25. The van der Waals surface area contributed by atoms with Gasteiger partial charge in [0.25, 0.3) is 0 Å². The molecule has 0 unspecified atom stereocenters. The number of thioether (sulfide) groups is 1. The van der Waals surface area contributed by atoms with Gasteiger partial charge < -0.3 is 16.0 Å². The van der Waals surface area contributed by atoms with Crippen LogP contribution in [0.25, 0.3) is 0 Å². The summed E-state index contributed by atoms with van der Waals surface area (Å²) in [5.41, 5.74) is 5.36. The molecule has 0 bridgehead atoms. The van der Waals surface area contributed by atoms with E-state index in [0.29, 0.717) is 19.4 Å². The molecule has 1 aliphatic heterocycles. The molecule has 2 aromatic rings. The summed E-state index contributed by atoms with van der Waals surface area (Å²) >= 11 is 1.67. The summed E-state index contributed by atoms with van der Waals surface area (Å²) in [6.07, 6.45) is 3.23. The topological polar surface area (TPSA) is 70.2 Å². The van der Waals surface area contributed by atoms with Crippen LogP contribution in [0.15, 0.2) is 42.5 Å². The Morgan fingerprint density at radius 3 is 2.66 bits per heavy atom. The van der Waals surface area contributed by atoms with Crippen molar-refractivity contribution in [2.24, 2.45) is 0 Å². The second-order valence-electron chi connectivity index (χ2n) is 7.56. The van der Waals surface area contributed by atoms with E-state index in [2.05, 4.69) is 28.1 Å². The van der Waals surface area contributed by atoms with Crippen LogP contribution in [0.3, 0.4) is 0 Å². The number of nitrogens with one attached hydrogen (secondary N) is 3. The first kappa shape index (κ1) is 21.4. The zero-order valence-electron chi connectivity index (χ0n) is 17.2. The fourth-order valence-corrected chi connectivity index (χ4v) is 4.06. The minimum absolute atomic E-state index is 0.124. The summed E-state index contributed by atoms with van der Waals surface area (Å²) in [6.45, 7) is 4.66. The standard InChI is InChI=1S/C23H29N3O2S/c1-15-8-9-19(16(2)12-15)25-22(27)20(10-11-29-3)26-23(28)21-13-17-6-4-5-7-18(17)14-24-21/h4-9,12,20-21,24H,10-11,13-14H2,1-3H3,(H,25,27)(H,26,28)/t20-,21-/m0/s1. The van der Waals surface area contributed by atoms with Gasteiger partial charge >= 0.3 is 0 Å². The van der Waals surface area contributed by atoms with Crippen molar-refractivity contribution in [2.45, 2.75) is 45.3 Å². The largest absolute Gasteiger partial charge is 0.343 e. The van der Waals surface area contributed by atoms with Gasteiger partial charge in [-0.3, -0.25) is 9.59 Å². The van der Waals surface area contributed by atoms with Crippen LogP contribution in [0.1, 0.15) is 28.7 Å². The molecule has 1 heterocycles. The number of amides is 2. The first-order valence-corrected chi connectivity index (χ1v) is 11.3. The van der Waals surface area contributed by atoms with Crippen molar-refractivity contribution in [1.29, 1.82) is 0 Å². The number of anilines is 1. The highest BCUT2D eigenvalue weighted by atomic mass is 32.2. The number of aryl methyl sites for hydroxylation is 2. The van der Waals surface area contributed by atoms with E-state index >= 15 is 0 Å². The average molecular weight is 412 g/mol. The Kier molecular flexibility index (Phi) is 7.34. The molecule has 29 heavy (non-hydrogen) atoms. The van der Waals surface area contributed by atoms with Crippen molar-refractivity contribution in [3.8, 4) is 0 Å². The van der Waals surface area contributed by atoms with E-state index in [-0.39, 0.29) is 17.9 Å². The van der Waals surface area contributed by atoms with Crippen LogP contribution in [-0.4, -0.2) is 35.9 Å². The maximum atomic E-state index is 12.9. The molecule has 3 rings (SSSR count).